The van der Waals surface area contributed by atoms with Crippen molar-refractivity contribution in [2.45, 2.75) is 20.3 Å². The molecule has 0 saturated heterocycles. The first kappa shape index (κ1) is 12.2. The number of nitrogens with one attached hydrogen (secondary N) is 2. The third kappa shape index (κ3) is 2.37. The van der Waals surface area contributed by atoms with Crippen LogP contribution in [0.2, 0.25) is 0 Å². The highest BCUT2D eigenvalue weighted by molar-refractivity contribution is 5.86. The molecular formula is C14H18N4. The van der Waals surface area contributed by atoms with E-state index >= 15 is 0 Å². The molecule has 4 nitrogen and oxygen atoms in total. The topological polar surface area (TPSA) is 70.5 Å². The van der Waals surface area contributed by atoms with Gasteiger partial charge < -0.3 is 15.7 Å². The van der Waals surface area contributed by atoms with Crippen molar-refractivity contribution in [3.8, 4) is 0 Å². The molecule has 2 aromatic heterocycles. The van der Waals surface area contributed by atoms with Crippen LogP contribution in [0.5, 0.6) is 0 Å². The van der Waals surface area contributed by atoms with Gasteiger partial charge in [-0.3, -0.25) is 0 Å². The molecule has 0 unspecified atom stereocenters. The average Bonchev–Trinajstić information content (AvgIpc) is 3.03. The molecule has 0 fully saturated rings. The molecule has 0 spiro atoms. The normalized spacial score (nSPS) is 10.1. The first-order valence-electron chi connectivity index (χ1n) is 6.15. The fourth-order valence-corrected chi connectivity index (χ4v) is 1.93. The molecule has 0 amide bonds. The Hall–Kier alpha value is -2.23. The number of nitrogens with zero attached hydrogens (tertiary/aromatic N) is 1. The van der Waals surface area contributed by atoms with E-state index in [2.05, 4.69) is 15.0 Å². The van der Waals surface area contributed by atoms with E-state index in [4.69, 9.17) is 5.73 Å². The van der Waals surface area contributed by atoms with Crippen molar-refractivity contribution < 1.29 is 0 Å². The Morgan fingerprint density at radius 2 is 2.06 bits per heavy atom. The summed E-state index contributed by atoms with van der Waals surface area (Å²) in [4.78, 5) is 10.3. The molecule has 1 aromatic carbocycles. The third-order valence-electron chi connectivity index (χ3n) is 2.73. The molecule has 0 saturated carbocycles. The molecule has 0 bridgehead atoms. The molecule has 18 heavy (non-hydrogen) atoms. The van der Waals surface area contributed by atoms with E-state index in [1.165, 1.54) is 10.9 Å². The van der Waals surface area contributed by atoms with Crippen LogP contribution in [0.1, 0.15) is 25.1 Å². The van der Waals surface area contributed by atoms with E-state index in [0.29, 0.717) is 0 Å². The molecule has 4 N–H and O–H groups in total. The molecule has 0 atom stereocenters. The van der Waals surface area contributed by atoms with Crippen LogP contribution in [0.4, 0.5) is 5.69 Å². The lowest BCUT2D eigenvalue weighted by Gasteiger charge is -1.98. The van der Waals surface area contributed by atoms with Crippen LogP contribution >= 0.6 is 0 Å². The van der Waals surface area contributed by atoms with Crippen molar-refractivity contribution in [1.29, 1.82) is 0 Å². The standard InChI is InChI=1S/C12H12N4.C2H6/c13-9-1-2-12-11(4-9)8(5-15-12)3-10-6-14-7-16-10;1-2/h1-2,4-7,15H,3,13H2,(H,14,16);1-2H3. The van der Waals surface area contributed by atoms with Gasteiger partial charge in [-0.05, 0) is 23.8 Å². The minimum Gasteiger partial charge on any atom is -0.399 e. The Bertz CT molecular complexity index is 608. The van der Waals surface area contributed by atoms with Crippen molar-refractivity contribution in [3.63, 3.8) is 0 Å². The van der Waals surface area contributed by atoms with Gasteiger partial charge in [-0.15, -0.1) is 0 Å². The Morgan fingerprint density at radius 1 is 1.22 bits per heavy atom. The summed E-state index contributed by atoms with van der Waals surface area (Å²) in [5, 5.41) is 1.18. The van der Waals surface area contributed by atoms with E-state index in [-0.39, 0.29) is 0 Å². The van der Waals surface area contributed by atoms with E-state index in [9.17, 15) is 0 Å². The number of anilines is 1. The fraction of sp³-hybridized carbons (Fsp3) is 0.214. The van der Waals surface area contributed by atoms with E-state index in [0.717, 1.165) is 23.3 Å². The summed E-state index contributed by atoms with van der Waals surface area (Å²) in [6.45, 7) is 4.00. The monoisotopic (exact) mass is 242 g/mol. The van der Waals surface area contributed by atoms with Crippen LogP contribution in [-0.4, -0.2) is 15.0 Å². The number of aromatic amines is 2. The summed E-state index contributed by atoms with van der Waals surface area (Å²) in [6.07, 6.45) is 6.39. The molecular weight excluding hydrogens is 224 g/mol. The van der Waals surface area contributed by atoms with Crippen molar-refractivity contribution in [1.82, 2.24) is 15.0 Å². The van der Waals surface area contributed by atoms with Crippen LogP contribution in [-0.2, 0) is 6.42 Å². The highest BCUT2D eigenvalue weighted by atomic mass is 14.9. The molecule has 94 valence electrons. The van der Waals surface area contributed by atoms with Crippen molar-refractivity contribution >= 4 is 16.6 Å². The van der Waals surface area contributed by atoms with Crippen molar-refractivity contribution in [2.24, 2.45) is 0 Å². The fourth-order valence-electron chi connectivity index (χ4n) is 1.93. The maximum Gasteiger partial charge on any atom is 0.0921 e. The molecule has 0 radical (unpaired) electrons. The van der Waals surface area contributed by atoms with E-state index < -0.39 is 0 Å². The van der Waals surface area contributed by atoms with Crippen LogP contribution < -0.4 is 5.73 Å². The van der Waals surface area contributed by atoms with Gasteiger partial charge in [0.2, 0.25) is 0 Å². The first-order valence-corrected chi connectivity index (χ1v) is 6.15. The van der Waals surface area contributed by atoms with Gasteiger partial charge in [0.05, 0.1) is 6.33 Å². The van der Waals surface area contributed by atoms with Crippen LogP contribution in [0.15, 0.2) is 36.9 Å². The van der Waals surface area contributed by atoms with Gasteiger partial charge in [-0.2, -0.15) is 0 Å². The molecule has 0 aliphatic carbocycles. The van der Waals surface area contributed by atoms with E-state index in [1.54, 1.807) is 6.33 Å². The van der Waals surface area contributed by atoms with Crippen molar-refractivity contribution in [3.05, 3.63) is 48.2 Å². The van der Waals surface area contributed by atoms with Gasteiger partial charge >= 0.3 is 0 Å². The van der Waals surface area contributed by atoms with E-state index in [1.807, 2.05) is 44.4 Å². The average molecular weight is 242 g/mol. The number of H-pyrrole nitrogens is 2. The van der Waals surface area contributed by atoms with Crippen LogP contribution in [0.3, 0.4) is 0 Å². The second kappa shape index (κ2) is 5.40. The highest BCUT2D eigenvalue weighted by Gasteiger charge is 2.05. The predicted molar refractivity (Wildman–Crippen MR) is 75.5 cm³/mol. The molecule has 0 aliphatic heterocycles. The van der Waals surface area contributed by atoms with Gasteiger partial charge in [-0.1, -0.05) is 13.8 Å². The first-order chi connectivity index (χ1) is 8.83. The van der Waals surface area contributed by atoms with Crippen molar-refractivity contribution in [2.75, 3.05) is 5.73 Å². The summed E-state index contributed by atoms with van der Waals surface area (Å²) in [7, 11) is 0. The Morgan fingerprint density at radius 3 is 2.78 bits per heavy atom. The highest BCUT2D eigenvalue weighted by Crippen LogP contribution is 2.22. The number of nitrogens with two attached hydrogens (primary N) is 1. The molecule has 3 rings (SSSR count). The summed E-state index contributed by atoms with van der Waals surface area (Å²) < 4.78 is 0. The van der Waals surface area contributed by atoms with Gasteiger partial charge in [-0.25, -0.2) is 4.98 Å². The number of hydrogen-bond acceptors (Lipinski definition) is 2. The zero-order chi connectivity index (χ0) is 13.0. The van der Waals surface area contributed by atoms with Gasteiger partial charge in [0.25, 0.3) is 0 Å². The number of imidazole rings is 1. The zero-order valence-corrected chi connectivity index (χ0v) is 10.7. The second-order valence-corrected chi connectivity index (χ2v) is 3.87. The molecule has 4 heteroatoms. The summed E-state index contributed by atoms with van der Waals surface area (Å²) in [5.41, 5.74) is 10.0. The number of benzene rings is 1. The summed E-state index contributed by atoms with van der Waals surface area (Å²) in [5.74, 6) is 0. The lowest BCUT2D eigenvalue weighted by molar-refractivity contribution is 1.12. The Labute approximate surface area is 106 Å². The SMILES string of the molecule is CC.Nc1ccc2[nH]cc(Cc3cnc[nH]3)c2c1. The Balaban J connectivity index is 0.000000574. The van der Waals surface area contributed by atoms with Gasteiger partial charge in [0.15, 0.2) is 0 Å². The number of fused-ring (bicyclic) bond motifs is 1. The maximum absolute atomic E-state index is 5.79. The number of aromatic nitrogens is 3. The predicted octanol–water partition coefficient (Wildman–Crippen LogP) is 3.09. The lowest BCUT2D eigenvalue weighted by atomic mass is 10.1. The molecule has 0 aliphatic rings. The molecule has 2 heterocycles. The number of nitrogen functional groups attached to an aromatic ring is 1. The quantitative estimate of drug-likeness (QED) is 0.604. The summed E-state index contributed by atoms with van der Waals surface area (Å²) in [6, 6.07) is 5.90. The third-order valence-corrected chi connectivity index (χ3v) is 2.73. The van der Waals surface area contributed by atoms with Crippen LogP contribution in [0.25, 0.3) is 10.9 Å². The minimum atomic E-state index is 0.790. The lowest BCUT2D eigenvalue weighted by Crippen LogP contribution is -1.87. The zero-order valence-electron chi connectivity index (χ0n) is 10.7. The summed E-state index contributed by atoms with van der Waals surface area (Å²) >= 11 is 0. The van der Waals surface area contributed by atoms with Gasteiger partial charge in [0, 0.05) is 41.1 Å². The largest absolute Gasteiger partial charge is 0.399 e. The minimum absolute atomic E-state index is 0.790. The second-order valence-electron chi connectivity index (χ2n) is 3.87. The maximum atomic E-state index is 5.79. The molecule has 3 aromatic rings. The van der Waals surface area contributed by atoms with Gasteiger partial charge in [0.1, 0.15) is 0 Å². The van der Waals surface area contributed by atoms with Crippen LogP contribution in [0, 0.1) is 0 Å². The number of rotatable bonds is 2. The number of hydrogen-bond donors (Lipinski definition) is 3. The smallest absolute Gasteiger partial charge is 0.0921 e. The Kier molecular flexibility index (Phi) is 3.67.